The number of benzene rings is 2. The van der Waals surface area contributed by atoms with Gasteiger partial charge in [-0.2, -0.15) is 0 Å². The normalized spacial score (nSPS) is 19.8. The predicted octanol–water partition coefficient (Wildman–Crippen LogP) is 2.67. The number of sulfonamides is 1. The monoisotopic (exact) mass is 495 g/mol. The summed E-state index contributed by atoms with van der Waals surface area (Å²) in [7, 11) is -1.48. The van der Waals surface area contributed by atoms with Crippen LogP contribution < -0.4 is 10.6 Å². The van der Waals surface area contributed by atoms with Gasteiger partial charge in [-0.05, 0) is 49.1 Å². The number of carbonyl (C=O) groups excluding carboxylic acids is 1. The van der Waals surface area contributed by atoms with Gasteiger partial charge in [0.25, 0.3) is 0 Å². The summed E-state index contributed by atoms with van der Waals surface area (Å²) in [6.45, 7) is 0. The van der Waals surface area contributed by atoms with Crippen molar-refractivity contribution < 1.29 is 27.8 Å². The van der Waals surface area contributed by atoms with Crippen LogP contribution in [0.25, 0.3) is 0 Å². The van der Waals surface area contributed by atoms with Crippen LogP contribution in [0.4, 0.5) is 10.1 Å². The average Bonchev–Trinajstić information content (AvgIpc) is 2.73. The molecular formula is C22H23ClFN3O5S. The first-order chi connectivity index (χ1) is 15.5. The number of rotatable bonds is 7. The summed E-state index contributed by atoms with van der Waals surface area (Å²) in [5.41, 5.74) is 0.156. The Morgan fingerprint density at radius 1 is 1.21 bits per heavy atom. The molecule has 0 aliphatic heterocycles. The van der Waals surface area contributed by atoms with Gasteiger partial charge in [0, 0.05) is 14.1 Å². The topological polar surface area (TPSA) is 119 Å². The molecule has 8 nitrogen and oxygen atoms in total. The lowest BCUT2D eigenvalue weighted by atomic mass is 9.71. The summed E-state index contributed by atoms with van der Waals surface area (Å²) in [5, 5.41) is 26.7. The number of Topliss-reactive ketones (excluding diaryl/α,β-unsaturated/α-hetero) is 1. The number of ketones is 1. The van der Waals surface area contributed by atoms with E-state index in [1.165, 1.54) is 38.4 Å². The maximum atomic E-state index is 13.8. The Morgan fingerprint density at radius 2 is 1.91 bits per heavy atom. The molecule has 0 heterocycles. The van der Waals surface area contributed by atoms with Crippen LogP contribution in [0.3, 0.4) is 0 Å². The van der Waals surface area contributed by atoms with Crippen LogP contribution in [0.1, 0.15) is 24.8 Å². The van der Waals surface area contributed by atoms with Crippen molar-refractivity contribution in [1.29, 1.82) is 0 Å². The Hall–Kier alpha value is -2.66. The lowest BCUT2D eigenvalue weighted by Crippen LogP contribution is -2.55. The summed E-state index contributed by atoms with van der Waals surface area (Å²) < 4.78 is 39.9. The van der Waals surface area contributed by atoms with E-state index in [1.54, 1.807) is 12.1 Å². The lowest BCUT2D eigenvalue weighted by Gasteiger charge is -2.47. The lowest BCUT2D eigenvalue weighted by molar-refractivity contribution is -0.125. The maximum absolute atomic E-state index is 13.8. The molecule has 176 valence electrons. The molecule has 0 aromatic heterocycles. The molecule has 2 aliphatic rings. The van der Waals surface area contributed by atoms with Crippen LogP contribution in [0.2, 0.25) is 5.02 Å². The second kappa shape index (κ2) is 8.28. The Bertz CT molecular complexity index is 1270. The highest BCUT2D eigenvalue weighted by molar-refractivity contribution is 7.89. The van der Waals surface area contributed by atoms with Gasteiger partial charge < -0.3 is 20.8 Å². The maximum Gasteiger partial charge on any atom is 0.247 e. The number of carbonyl (C=O) groups is 1. The zero-order chi connectivity index (χ0) is 24.1. The molecule has 2 aliphatic carbocycles. The van der Waals surface area contributed by atoms with Gasteiger partial charge in [-0.25, -0.2) is 17.1 Å². The van der Waals surface area contributed by atoms with Gasteiger partial charge in [-0.15, -0.1) is 0 Å². The largest absolute Gasteiger partial charge is 0.504 e. The Morgan fingerprint density at radius 3 is 2.48 bits per heavy atom. The number of hydrogen-bond acceptors (Lipinski definition) is 7. The number of phenolic OH excluding ortho intramolecular Hbond substituents is 1. The van der Waals surface area contributed by atoms with Crippen LogP contribution >= 0.6 is 11.6 Å². The van der Waals surface area contributed by atoms with Gasteiger partial charge in [0.05, 0.1) is 21.9 Å². The first-order valence-electron chi connectivity index (χ1n) is 10.2. The summed E-state index contributed by atoms with van der Waals surface area (Å²) >= 11 is 6.03. The molecule has 0 saturated heterocycles. The zero-order valence-corrected chi connectivity index (χ0v) is 19.5. The molecule has 0 radical (unpaired) electrons. The van der Waals surface area contributed by atoms with Gasteiger partial charge >= 0.3 is 0 Å². The zero-order valence-electron chi connectivity index (χ0n) is 17.9. The van der Waals surface area contributed by atoms with E-state index in [2.05, 4.69) is 10.6 Å². The van der Waals surface area contributed by atoms with Crippen LogP contribution in [0, 0.1) is 5.82 Å². The molecule has 1 saturated carbocycles. The molecule has 4 N–H and O–H groups in total. The minimum atomic E-state index is -4.08. The third-order valence-electron chi connectivity index (χ3n) is 6.08. The van der Waals surface area contributed by atoms with E-state index >= 15 is 0 Å². The molecule has 11 heteroatoms. The second-order valence-electron chi connectivity index (χ2n) is 8.31. The minimum Gasteiger partial charge on any atom is -0.504 e. The first kappa shape index (κ1) is 23.5. The summed E-state index contributed by atoms with van der Waals surface area (Å²) in [6.07, 6.45) is 0.808. The molecule has 4 rings (SSSR count). The first-order valence-corrected chi connectivity index (χ1v) is 12.0. The molecule has 0 bridgehead atoms. The molecule has 0 amide bonds. The molecular weight excluding hydrogens is 473 g/mol. The molecule has 1 atom stereocenters. The SMILES string of the molecule is CN(C)S(=O)(=O)c1c(Cl)ccc(NC2=C(NC3(c4cccc(F)c4)CCC3)C(O)C2=O)c1O. The van der Waals surface area contributed by atoms with Crippen molar-refractivity contribution in [1.82, 2.24) is 9.62 Å². The molecule has 1 unspecified atom stereocenters. The molecule has 33 heavy (non-hydrogen) atoms. The summed E-state index contributed by atoms with van der Waals surface area (Å²) in [4.78, 5) is 11.9. The summed E-state index contributed by atoms with van der Waals surface area (Å²) in [5.74, 6) is -1.67. The quantitative estimate of drug-likeness (QED) is 0.436. The molecule has 1 fully saturated rings. The van der Waals surface area contributed by atoms with E-state index < -0.39 is 38.1 Å². The Balaban J connectivity index is 1.71. The van der Waals surface area contributed by atoms with Crippen LogP contribution in [0.15, 0.2) is 52.7 Å². The van der Waals surface area contributed by atoms with Crippen LogP contribution in [-0.4, -0.2) is 48.9 Å². The van der Waals surface area contributed by atoms with E-state index in [4.69, 9.17) is 11.6 Å². The fourth-order valence-electron chi connectivity index (χ4n) is 3.99. The fraction of sp³-hybridized carbons (Fsp3) is 0.318. The molecule has 2 aromatic rings. The number of halogens is 2. The summed E-state index contributed by atoms with van der Waals surface area (Å²) in [6, 6.07) is 8.75. The van der Waals surface area contributed by atoms with Crippen molar-refractivity contribution in [3.8, 4) is 5.75 Å². The van der Waals surface area contributed by atoms with E-state index in [0.717, 1.165) is 10.7 Å². The van der Waals surface area contributed by atoms with Crippen molar-refractivity contribution in [2.24, 2.45) is 0 Å². The number of aliphatic hydroxyl groups excluding tert-OH is 1. The van der Waals surface area contributed by atoms with Gasteiger partial charge in [-0.1, -0.05) is 23.7 Å². The van der Waals surface area contributed by atoms with Crippen LogP contribution in [-0.2, 0) is 20.4 Å². The number of nitrogens with zero attached hydrogens (tertiary/aromatic N) is 1. The second-order valence-corrected chi connectivity index (χ2v) is 10.8. The standard InChI is InChI=1S/C22H23ClFN3O5S/c1-27(2)33(31,32)21-14(23)7-8-15(18(21)28)25-16-17(20(30)19(16)29)26-22(9-4-10-22)12-5-3-6-13(24)11-12/h3,5-8,11,20,25-26,28,30H,4,9-10H2,1-2H3. The van der Waals surface area contributed by atoms with Gasteiger partial charge in [0.2, 0.25) is 15.8 Å². The van der Waals surface area contributed by atoms with Crippen molar-refractivity contribution >= 4 is 33.1 Å². The Labute approximate surface area is 195 Å². The van der Waals surface area contributed by atoms with Gasteiger partial charge in [0.15, 0.2) is 11.9 Å². The van der Waals surface area contributed by atoms with Crippen molar-refractivity contribution in [3.63, 3.8) is 0 Å². The van der Waals surface area contributed by atoms with Crippen molar-refractivity contribution in [2.75, 3.05) is 19.4 Å². The number of aromatic hydroxyl groups is 1. The molecule has 0 spiro atoms. The molecule has 2 aromatic carbocycles. The number of phenols is 1. The van der Waals surface area contributed by atoms with Crippen molar-refractivity contribution in [3.05, 3.63) is 64.2 Å². The fourth-order valence-corrected chi connectivity index (χ4v) is 5.47. The van der Waals surface area contributed by atoms with Gasteiger partial charge in [-0.3, -0.25) is 4.79 Å². The minimum absolute atomic E-state index is 0.0176. The number of anilines is 1. The predicted molar refractivity (Wildman–Crippen MR) is 121 cm³/mol. The van der Waals surface area contributed by atoms with E-state index in [1.807, 2.05) is 0 Å². The van der Waals surface area contributed by atoms with E-state index in [-0.39, 0.29) is 27.9 Å². The van der Waals surface area contributed by atoms with E-state index in [9.17, 15) is 27.8 Å². The smallest absolute Gasteiger partial charge is 0.247 e. The third kappa shape index (κ3) is 3.86. The Kier molecular flexibility index (Phi) is 5.90. The number of hydrogen-bond donors (Lipinski definition) is 4. The average molecular weight is 496 g/mol. The number of aliphatic hydroxyl groups is 1. The van der Waals surface area contributed by atoms with Crippen LogP contribution in [0.5, 0.6) is 5.75 Å². The third-order valence-corrected chi connectivity index (χ3v) is 8.40. The highest BCUT2D eigenvalue weighted by Gasteiger charge is 2.46. The van der Waals surface area contributed by atoms with E-state index in [0.29, 0.717) is 18.4 Å². The van der Waals surface area contributed by atoms with Gasteiger partial charge in [0.1, 0.15) is 16.4 Å². The number of nitrogens with one attached hydrogen (secondary N) is 2. The van der Waals surface area contributed by atoms with Crippen molar-refractivity contribution in [2.45, 2.75) is 35.8 Å². The highest BCUT2D eigenvalue weighted by Crippen LogP contribution is 2.45. The highest BCUT2D eigenvalue weighted by atomic mass is 35.5.